The molecule has 3 fully saturated rings. The Kier molecular flexibility index (Phi) is 21.0. The number of nitrogens with zero attached hydrogens (tertiary/aromatic N) is 2. The predicted molar refractivity (Wildman–Crippen MR) is 232 cm³/mol. The molecule has 3 aliphatic heterocycles. The summed E-state index contributed by atoms with van der Waals surface area (Å²) in [4.78, 5) is 30.3. The Morgan fingerprint density at radius 3 is 2.21 bits per heavy atom. The molecule has 62 heavy (non-hydrogen) atoms. The molecule has 0 aromatic carbocycles. The molecule has 17 nitrogen and oxygen atoms in total. The zero-order valence-corrected chi connectivity index (χ0v) is 40.2. The first-order chi connectivity index (χ1) is 28.8. The van der Waals surface area contributed by atoms with Crippen molar-refractivity contribution >= 4 is 11.9 Å². The molecule has 0 aliphatic carbocycles. The van der Waals surface area contributed by atoms with Gasteiger partial charge in [-0.25, -0.2) is 0 Å². The van der Waals surface area contributed by atoms with Crippen LogP contribution in [-0.4, -0.2) is 192 Å². The second-order valence-corrected chi connectivity index (χ2v) is 19.4. The molecular weight excluding hydrogens is 807 g/mol. The third-order valence-electron chi connectivity index (χ3n) is 13.6. The average molecular weight is 892 g/mol. The van der Waals surface area contributed by atoms with Gasteiger partial charge < -0.3 is 68.9 Å². The van der Waals surface area contributed by atoms with Gasteiger partial charge in [0.1, 0.15) is 30.0 Å². The van der Waals surface area contributed by atoms with Crippen LogP contribution >= 0.6 is 0 Å². The van der Waals surface area contributed by atoms with E-state index in [4.69, 9.17) is 33.2 Å². The van der Waals surface area contributed by atoms with Crippen molar-refractivity contribution < 1.29 is 68.3 Å². The predicted octanol–water partition coefficient (Wildman–Crippen LogP) is 2.20. The highest BCUT2D eigenvalue weighted by Gasteiger charge is 2.53. The molecule has 3 saturated heterocycles. The van der Waals surface area contributed by atoms with Gasteiger partial charge in [0.15, 0.2) is 12.6 Å². The molecule has 0 amide bonds. The topological polar surface area (TPSA) is 218 Å². The lowest BCUT2D eigenvalue weighted by Crippen LogP contribution is -2.60. The normalized spacial score (nSPS) is 43.4. The second kappa shape index (κ2) is 23.7. The first kappa shape index (κ1) is 54.8. The molecule has 0 saturated carbocycles. The van der Waals surface area contributed by atoms with Crippen molar-refractivity contribution in [1.82, 2.24) is 15.1 Å². The number of aliphatic hydroxyl groups is 5. The Hall–Kier alpha value is -1.58. The highest BCUT2D eigenvalue weighted by molar-refractivity contribution is 5.73. The Labute approximate surface area is 371 Å². The number of cyclic esters (lactones) is 1. The number of carbonyl (C=O) groups excluding carboxylic acids is 2. The molecule has 17 heteroatoms. The number of methoxy groups -OCH3 is 1. The van der Waals surface area contributed by atoms with Crippen LogP contribution in [-0.2, 0) is 42.7 Å². The zero-order valence-electron chi connectivity index (χ0n) is 40.2. The van der Waals surface area contributed by atoms with Crippen molar-refractivity contribution in [2.24, 2.45) is 17.8 Å². The van der Waals surface area contributed by atoms with Crippen LogP contribution in [0.5, 0.6) is 0 Å². The van der Waals surface area contributed by atoms with Crippen molar-refractivity contribution in [2.45, 2.75) is 205 Å². The van der Waals surface area contributed by atoms with Crippen LogP contribution in [0.2, 0.25) is 0 Å². The highest BCUT2D eigenvalue weighted by atomic mass is 16.7. The molecule has 3 heterocycles. The number of carbonyl (C=O) groups is 2. The monoisotopic (exact) mass is 892 g/mol. The fraction of sp³-hybridized carbons (Fsp3) is 0.956. The van der Waals surface area contributed by atoms with Crippen LogP contribution in [0.15, 0.2) is 0 Å². The molecule has 0 radical (unpaired) electrons. The summed E-state index contributed by atoms with van der Waals surface area (Å²) in [6.45, 7) is 21.6. The van der Waals surface area contributed by atoms with E-state index in [1.807, 2.05) is 46.7 Å². The molecule has 18 atom stereocenters. The fourth-order valence-electron chi connectivity index (χ4n) is 9.85. The maximum Gasteiger partial charge on any atom is 0.311 e. The van der Waals surface area contributed by atoms with Crippen LogP contribution in [0, 0.1) is 17.8 Å². The minimum absolute atomic E-state index is 0.110. The lowest BCUT2D eigenvalue weighted by atomic mass is 9.77. The summed E-state index contributed by atoms with van der Waals surface area (Å²) in [6, 6.07) is -0.929. The molecule has 0 spiro atoms. The van der Waals surface area contributed by atoms with Crippen molar-refractivity contribution in [3.63, 3.8) is 0 Å². The van der Waals surface area contributed by atoms with E-state index in [-0.39, 0.29) is 49.7 Å². The van der Waals surface area contributed by atoms with Crippen LogP contribution in [0.4, 0.5) is 0 Å². The van der Waals surface area contributed by atoms with Gasteiger partial charge in [-0.05, 0) is 114 Å². The summed E-state index contributed by atoms with van der Waals surface area (Å²) in [5.41, 5.74) is -4.55. The largest absolute Gasteiger partial charge is 0.466 e. The average Bonchev–Trinajstić information content (AvgIpc) is 3.19. The van der Waals surface area contributed by atoms with Crippen molar-refractivity contribution in [3.05, 3.63) is 0 Å². The third-order valence-corrected chi connectivity index (χ3v) is 13.6. The van der Waals surface area contributed by atoms with E-state index in [0.29, 0.717) is 45.6 Å². The number of aliphatic hydroxyl groups excluding tert-OH is 3. The van der Waals surface area contributed by atoms with Gasteiger partial charge in [0.05, 0.1) is 54.6 Å². The minimum Gasteiger partial charge on any atom is -0.466 e. The number of hydrogen-bond acceptors (Lipinski definition) is 17. The lowest BCUT2D eigenvalue weighted by Gasteiger charge is -2.48. The second-order valence-electron chi connectivity index (χ2n) is 19.4. The van der Waals surface area contributed by atoms with Crippen LogP contribution in [0.25, 0.3) is 0 Å². The summed E-state index contributed by atoms with van der Waals surface area (Å²) in [6.07, 6.45) is -7.88. The number of nitrogens with one attached hydrogen (secondary N) is 1. The molecule has 0 bridgehead atoms. The fourth-order valence-corrected chi connectivity index (χ4v) is 9.85. The van der Waals surface area contributed by atoms with E-state index in [2.05, 4.69) is 10.2 Å². The van der Waals surface area contributed by atoms with E-state index in [1.54, 1.807) is 41.5 Å². The van der Waals surface area contributed by atoms with Gasteiger partial charge in [0.25, 0.3) is 0 Å². The van der Waals surface area contributed by atoms with Crippen molar-refractivity contribution in [2.75, 3.05) is 54.0 Å². The number of esters is 2. The molecule has 364 valence electrons. The highest BCUT2D eigenvalue weighted by Crippen LogP contribution is 2.40. The van der Waals surface area contributed by atoms with Gasteiger partial charge in [0, 0.05) is 44.6 Å². The number of ether oxygens (including phenoxy) is 7. The Morgan fingerprint density at radius 1 is 0.952 bits per heavy atom. The summed E-state index contributed by atoms with van der Waals surface area (Å²) >= 11 is 0. The first-order valence-electron chi connectivity index (χ1n) is 23.0. The standard InChI is InChI=1S/C45H85N3O14/c1-15-33-45(11,55)38(51)30(7)48(21-17-19-46-20-18-34(49)57-16-2)25-26(3)23-43(9,54)40(62-42-36(50)32(47(12)13)22-27(4)58-42)28(5)37(29(6)41(53)60-33)61-35-24-44(10,56-14)39(52)31(8)59-35/h26-33,35-40,42,46,50-52,54-55H,15-25H2,1-14H3/t26-,27-,28+,29-,30-,31+,32+,33-,35+,36-,37+,38-,39+,40-,42+,43-,44-,45-/m1/s1. The van der Waals surface area contributed by atoms with E-state index >= 15 is 0 Å². The van der Waals surface area contributed by atoms with Crippen LogP contribution in [0.1, 0.15) is 115 Å². The molecule has 3 rings (SSSR count). The number of hydrogen-bond donors (Lipinski definition) is 6. The van der Waals surface area contributed by atoms with Gasteiger partial charge in [-0.2, -0.15) is 0 Å². The Balaban J connectivity index is 2.12. The Morgan fingerprint density at radius 2 is 1.61 bits per heavy atom. The maximum absolute atomic E-state index is 14.5. The SMILES string of the molecule is CCOC(=O)CCNCCCN1C[C@H](C)C[C@@](C)(O)[C@H](O[C@@H]2O[C@H](C)C[C@H](N(C)C)[C@H]2O)[C@@H](C)[C@H](O[C@H]2C[C@@](C)(OC)[C@@H](O)[C@H](C)O2)[C@@H](C)C(=O)O[C@H](CC)[C@@](C)(O)[C@H](O)[C@H]1C. The van der Waals surface area contributed by atoms with Gasteiger partial charge in [-0.3, -0.25) is 14.5 Å². The van der Waals surface area contributed by atoms with E-state index < -0.39 is 96.0 Å². The van der Waals surface area contributed by atoms with Crippen LogP contribution in [0.3, 0.4) is 0 Å². The molecule has 6 N–H and O–H groups in total. The smallest absolute Gasteiger partial charge is 0.311 e. The Bertz CT molecular complexity index is 1370. The minimum atomic E-state index is -1.88. The van der Waals surface area contributed by atoms with Crippen molar-refractivity contribution in [3.8, 4) is 0 Å². The van der Waals surface area contributed by atoms with Gasteiger partial charge in [-0.15, -0.1) is 0 Å². The summed E-state index contributed by atoms with van der Waals surface area (Å²) in [5.74, 6) is -3.06. The number of likely N-dealkylation sites (N-methyl/N-ethyl adjacent to an activating group) is 1. The molecular formula is C45H85N3O14. The van der Waals surface area contributed by atoms with Crippen molar-refractivity contribution in [1.29, 1.82) is 0 Å². The molecule has 0 unspecified atom stereocenters. The molecule has 3 aliphatic rings. The zero-order chi connectivity index (χ0) is 46.9. The third kappa shape index (κ3) is 14.0. The lowest BCUT2D eigenvalue weighted by molar-refractivity contribution is -0.318. The van der Waals surface area contributed by atoms with E-state index in [1.165, 1.54) is 14.0 Å². The summed E-state index contributed by atoms with van der Waals surface area (Å²) in [5, 5.41) is 62.8. The summed E-state index contributed by atoms with van der Waals surface area (Å²) < 4.78 is 43.0. The van der Waals surface area contributed by atoms with Gasteiger partial charge in [-0.1, -0.05) is 20.8 Å². The first-order valence-corrected chi connectivity index (χ1v) is 23.0. The quantitative estimate of drug-likeness (QED) is 0.103. The summed E-state index contributed by atoms with van der Waals surface area (Å²) in [7, 11) is 5.26. The van der Waals surface area contributed by atoms with Gasteiger partial charge >= 0.3 is 11.9 Å². The number of rotatable bonds is 15. The molecule has 0 aromatic rings. The molecule has 0 aromatic heterocycles. The van der Waals surface area contributed by atoms with Gasteiger partial charge in [0.2, 0.25) is 0 Å². The van der Waals surface area contributed by atoms with E-state index in [0.717, 1.165) is 0 Å². The van der Waals surface area contributed by atoms with Crippen LogP contribution < -0.4 is 5.32 Å². The van der Waals surface area contributed by atoms with E-state index in [9.17, 15) is 35.1 Å². The maximum atomic E-state index is 14.5.